The van der Waals surface area contributed by atoms with E-state index in [0.29, 0.717) is 5.95 Å². The largest absolute Gasteiger partial charge is 0.493 e. The Balaban J connectivity index is 2.22. The van der Waals surface area contributed by atoms with E-state index in [1.165, 1.54) is 5.56 Å². The number of rotatable bonds is 3. The summed E-state index contributed by atoms with van der Waals surface area (Å²) in [6.07, 6.45) is 3.88. The number of fused-ring (bicyclic) bond motifs is 3. The van der Waals surface area contributed by atoms with Crippen LogP contribution in [-0.2, 0) is 13.0 Å². The number of ether oxygens (including phenoxy) is 2. The molecule has 5 nitrogen and oxygen atoms in total. The number of benzene rings is 1. The van der Waals surface area contributed by atoms with Crippen molar-refractivity contribution >= 4 is 12.7 Å². The van der Waals surface area contributed by atoms with Crippen molar-refractivity contribution in [2.45, 2.75) is 19.4 Å². The van der Waals surface area contributed by atoms with Crippen LogP contribution in [0.1, 0.15) is 12.0 Å². The van der Waals surface area contributed by atoms with Gasteiger partial charge in [-0.05, 0) is 37.3 Å². The van der Waals surface area contributed by atoms with Gasteiger partial charge in [0.15, 0.2) is 11.5 Å². The molecule has 0 fully saturated rings. The van der Waals surface area contributed by atoms with Crippen molar-refractivity contribution in [1.29, 1.82) is 0 Å². The van der Waals surface area contributed by atoms with Gasteiger partial charge in [0.1, 0.15) is 0 Å². The molecule has 1 aromatic heterocycles. The monoisotopic (exact) mass is 271 g/mol. The second kappa shape index (κ2) is 5.00. The van der Waals surface area contributed by atoms with Crippen LogP contribution in [0.15, 0.2) is 23.3 Å². The molecule has 2 heterocycles. The summed E-state index contributed by atoms with van der Waals surface area (Å²) in [6, 6.07) is 4.07. The Morgan fingerprint density at radius 1 is 1.25 bits per heavy atom. The Bertz CT molecular complexity index is 661. The normalized spacial score (nSPS) is 13.1. The second-order valence-corrected chi connectivity index (χ2v) is 4.72. The van der Waals surface area contributed by atoms with Crippen molar-refractivity contribution in [2.24, 2.45) is 4.99 Å². The molecule has 1 aromatic carbocycles. The minimum atomic E-state index is 0.669. The minimum absolute atomic E-state index is 0.669. The average Bonchev–Trinajstić information content (AvgIpc) is 2.81. The molecule has 0 unspecified atom stereocenters. The van der Waals surface area contributed by atoms with Gasteiger partial charge in [0.05, 0.1) is 26.1 Å². The van der Waals surface area contributed by atoms with Gasteiger partial charge in [-0.15, -0.1) is 0 Å². The highest BCUT2D eigenvalue weighted by atomic mass is 16.5. The summed E-state index contributed by atoms with van der Waals surface area (Å²) < 4.78 is 12.9. The molecule has 1 aliphatic heterocycles. The van der Waals surface area contributed by atoms with E-state index in [2.05, 4.69) is 27.3 Å². The molecule has 0 amide bonds. The summed E-state index contributed by atoms with van der Waals surface area (Å²) in [5.41, 5.74) is 3.43. The quantitative estimate of drug-likeness (QED) is 0.806. The number of nitrogens with zero attached hydrogens (tertiary/aromatic N) is 3. The number of hydrogen-bond acceptors (Lipinski definition) is 4. The van der Waals surface area contributed by atoms with Gasteiger partial charge in [-0.2, -0.15) is 0 Å². The fraction of sp³-hybridized carbons (Fsp3) is 0.333. The molecule has 0 N–H and O–H groups in total. The van der Waals surface area contributed by atoms with Crippen LogP contribution in [0.2, 0.25) is 0 Å². The van der Waals surface area contributed by atoms with Crippen LogP contribution in [0.4, 0.5) is 5.95 Å². The molecule has 0 atom stereocenters. The molecule has 20 heavy (non-hydrogen) atoms. The van der Waals surface area contributed by atoms with E-state index in [9.17, 15) is 0 Å². The summed E-state index contributed by atoms with van der Waals surface area (Å²) >= 11 is 0. The summed E-state index contributed by atoms with van der Waals surface area (Å²) in [7, 11) is 3.31. The molecule has 0 bridgehead atoms. The maximum Gasteiger partial charge on any atom is 0.229 e. The molecule has 0 saturated heterocycles. The second-order valence-electron chi connectivity index (χ2n) is 4.72. The van der Waals surface area contributed by atoms with E-state index in [0.717, 1.165) is 42.1 Å². The number of hydrogen-bond donors (Lipinski definition) is 0. The first-order valence-corrected chi connectivity index (χ1v) is 6.56. The molecule has 0 saturated carbocycles. The van der Waals surface area contributed by atoms with E-state index in [1.807, 2.05) is 12.3 Å². The fourth-order valence-electron chi connectivity index (χ4n) is 2.72. The zero-order chi connectivity index (χ0) is 14.1. The van der Waals surface area contributed by atoms with Crippen molar-refractivity contribution in [1.82, 2.24) is 9.55 Å². The zero-order valence-corrected chi connectivity index (χ0v) is 11.7. The Morgan fingerprint density at radius 3 is 2.70 bits per heavy atom. The number of aromatic nitrogens is 2. The standard InChI is InChI=1S/C15H17N3O2/c1-16-15-17-9-12-11-8-14(20-3)13(19-2)7-10(11)5-4-6-18(12)15/h7-9H,1,4-6H2,2-3H3. The first-order chi connectivity index (χ1) is 9.78. The third-order valence-electron chi connectivity index (χ3n) is 3.69. The Labute approximate surface area is 117 Å². The third-order valence-corrected chi connectivity index (χ3v) is 3.69. The van der Waals surface area contributed by atoms with Crippen LogP contribution < -0.4 is 9.47 Å². The number of methoxy groups -OCH3 is 2. The van der Waals surface area contributed by atoms with Crippen LogP contribution in [-0.4, -0.2) is 30.5 Å². The van der Waals surface area contributed by atoms with Gasteiger partial charge in [-0.3, -0.25) is 0 Å². The van der Waals surface area contributed by atoms with Gasteiger partial charge < -0.3 is 14.0 Å². The Hall–Kier alpha value is -2.30. The zero-order valence-electron chi connectivity index (χ0n) is 11.7. The molecule has 0 radical (unpaired) electrons. The van der Waals surface area contributed by atoms with Crippen LogP contribution in [0.5, 0.6) is 11.5 Å². The Morgan fingerprint density at radius 2 is 2.00 bits per heavy atom. The van der Waals surface area contributed by atoms with Gasteiger partial charge in [0.2, 0.25) is 5.95 Å². The highest BCUT2D eigenvalue weighted by molar-refractivity contribution is 5.70. The topological polar surface area (TPSA) is 48.6 Å². The summed E-state index contributed by atoms with van der Waals surface area (Å²) in [6.45, 7) is 4.47. The van der Waals surface area contributed by atoms with Gasteiger partial charge >= 0.3 is 0 Å². The van der Waals surface area contributed by atoms with Crippen LogP contribution in [0.3, 0.4) is 0 Å². The molecular formula is C15H17N3O2. The minimum Gasteiger partial charge on any atom is -0.493 e. The van der Waals surface area contributed by atoms with E-state index in [1.54, 1.807) is 14.2 Å². The molecule has 2 aromatic rings. The van der Waals surface area contributed by atoms with Crippen LogP contribution in [0.25, 0.3) is 11.3 Å². The molecule has 5 heteroatoms. The summed E-state index contributed by atoms with van der Waals surface area (Å²) in [5, 5.41) is 0. The molecule has 1 aliphatic rings. The number of imidazole rings is 1. The highest BCUT2D eigenvalue weighted by Gasteiger charge is 2.20. The first kappa shape index (κ1) is 12.7. The van der Waals surface area contributed by atoms with Gasteiger partial charge in [-0.1, -0.05) is 0 Å². The van der Waals surface area contributed by atoms with Gasteiger partial charge in [0.25, 0.3) is 0 Å². The van der Waals surface area contributed by atoms with E-state index in [-0.39, 0.29) is 0 Å². The van der Waals surface area contributed by atoms with Crippen molar-refractivity contribution < 1.29 is 9.47 Å². The molecular weight excluding hydrogens is 254 g/mol. The SMILES string of the molecule is C=Nc1ncc2n1CCCc1cc(OC)c(OC)cc1-2. The lowest BCUT2D eigenvalue weighted by Crippen LogP contribution is -1.97. The summed E-state index contributed by atoms with van der Waals surface area (Å²) in [5.74, 6) is 2.16. The van der Waals surface area contributed by atoms with Gasteiger partial charge in [-0.25, -0.2) is 9.98 Å². The van der Waals surface area contributed by atoms with E-state index < -0.39 is 0 Å². The number of aliphatic imine (C=N–C) groups is 1. The van der Waals surface area contributed by atoms with Gasteiger partial charge in [0, 0.05) is 12.1 Å². The third kappa shape index (κ3) is 1.86. The fourth-order valence-corrected chi connectivity index (χ4v) is 2.72. The predicted octanol–water partition coefficient (Wildman–Crippen LogP) is 2.85. The van der Waals surface area contributed by atoms with E-state index >= 15 is 0 Å². The smallest absolute Gasteiger partial charge is 0.229 e. The molecule has 3 rings (SSSR count). The highest BCUT2D eigenvalue weighted by Crippen LogP contribution is 2.39. The molecule has 104 valence electrons. The maximum atomic E-state index is 5.40. The lowest BCUT2D eigenvalue weighted by atomic mass is 10.0. The maximum absolute atomic E-state index is 5.40. The van der Waals surface area contributed by atoms with Crippen molar-refractivity contribution in [2.75, 3.05) is 14.2 Å². The van der Waals surface area contributed by atoms with Crippen molar-refractivity contribution in [3.8, 4) is 22.8 Å². The van der Waals surface area contributed by atoms with Crippen LogP contribution >= 0.6 is 0 Å². The average molecular weight is 271 g/mol. The first-order valence-electron chi connectivity index (χ1n) is 6.56. The lowest BCUT2D eigenvalue weighted by molar-refractivity contribution is 0.354. The lowest BCUT2D eigenvalue weighted by Gasteiger charge is -2.13. The molecule has 0 aliphatic carbocycles. The van der Waals surface area contributed by atoms with Crippen molar-refractivity contribution in [3.63, 3.8) is 0 Å². The van der Waals surface area contributed by atoms with E-state index in [4.69, 9.17) is 9.47 Å². The van der Waals surface area contributed by atoms with Crippen LogP contribution in [0, 0.1) is 0 Å². The predicted molar refractivity (Wildman–Crippen MR) is 78.3 cm³/mol. The molecule has 0 spiro atoms. The van der Waals surface area contributed by atoms with Crippen molar-refractivity contribution in [3.05, 3.63) is 23.9 Å². The summed E-state index contributed by atoms with van der Waals surface area (Å²) in [4.78, 5) is 8.30. The Kier molecular flexibility index (Phi) is 3.18. The number of aryl methyl sites for hydroxylation is 1.